The maximum absolute atomic E-state index is 14.7. The quantitative estimate of drug-likeness (QED) is 0.189. The van der Waals surface area contributed by atoms with E-state index in [1.54, 1.807) is 36.4 Å². The number of nitrogens with zero attached hydrogens (tertiary/aromatic N) is 6. The lowest BCUT2D eigenvalue weighted by Crippen LogP contribution is -2.10. The molecule has 0 N–H and O–H groups in total. The summed E-state index contributed by atoms with van der Waals surface area (Å²) < 4.78 is 47.7. The van der Waals surface area contributed by atoms with Crippen LogP contribution in [-0.4, -0.2) is 9.13 Å². The molecule has 6 nitrogen and oxygen atoms in total. The molecule has 0 aliphatic rings. The fourth-order valence-corrected chi connectivity index (χ4v) is 7.02. The molecule has 0 aliphatic carbocycles. The molecule has 9 heteroatoms. The summed E-state index contributed by atoms with van der Waals surface area (Å²) in [5.74, 6) is 0. The SMILES string of the molecule is N#Cc1ccc2c(c1)c1ccccc1n2-c1cc(-c2c(C#N)cccc2C(F)(F)F)cc(-n2c3ccccc3c3cc(C#N)ccc32)c1C#N. The highest BCUT2D eigenvalue weighted by atomic mass is 19.4. The minimum atomic E-state index is -4.79. The Bertz CT molecular complexity index is 2760. The van der Waals surface area contributed by atoms with Gasteiger partial charge in [-0.1, -0.05) is 42.5 Å². The zero-order chi connectivity index (χ0) is 34.7. The lowest BCUT2D eigenvalue weighted by Gasteiger charge is -2.20. The molecule has 0 aliphatic heterocycles. The molecular weight excluding hydrogens is 633 g/mol. The second-order valence-electron chi connectivity index (χ2n) is 11.7. The first kappa shape index (κ1) is 30.0. The van der Waals surface area contributed by atoms with Crippen molar-refractivity contribution < 1.29 is 13.2 Å². The maximum atomic E-state index is 14.7. The van der Waals surface area contributed by atoms with Gasteiger partial charge in [0.25, 0.3) is 0 Å². The highest BCUT2D eigenvalue weighted by molar-refractivity contribution is 6.11. The highest BCUT2D eigenvalue weighted by Gasteiger charge is 2.35. The second-order valence-corrected chi connectivity index (χ2v) is 11.7. The Labute approximate surface area is 282 Å². The number of nitriles is 4. The van der Waals surface area contributed by atoms with Crippen LogP contribution in [0.2, 0.25) is 0 Å². The van der Waals surface area contributed by atoms with Crippen molar-refractivity contribution in [3.63, 3.8) is 0 Å². The van der Waals surface area contributed by atoms with Crippen molar-refractivity contribution in [2.75, 3.05) is 0 Å². The van der Waals surface area contributed by atoms with E-state index in [0.717, 1.165) is 27.6 Å². The third-order valence-corrected chi connectivity index (χ3v) is 9.07. The van der Waals surface area contributed by atoms with Gasteiger partial charge in [-0.25, -0.2) is 0 Å². The predicted octanol–water partition coefficient (Wildman–Crippen LogP) is 10.1. The molecule has 0 saturated heterocycles. The number of alkyl halides is 3. The zero-order valence-electron chi connectivity index (χ0n) is 25.8. The molecule has 234 valence electrons. The summed E-state index contributed by atoms with van der Waals surface area (Å²) in [6.45, 7) is 0. The van der Waals surface area contributed by atoms with Gasteiger partial charge < -0.3 is 9.13 Å². The minimum Gasteiger partial charge on any atom is -0.308 e. The van der Waals surface area contributed by atoms with Crippen molar-refractivity contribution in [2.45, 2.75) is 6.18 Å². The van der Waals surface area contributed by atoms with Gasteiger partial charge in [0.05, 0.1) is 73.9 Å². The van der Waals surface area contributed by atoms with Crippen LogP contribution in [-0.2, 0) is 6.18 Å². The number of benzene rings is 6. The van der Waals surface area contributed by atoms with Crippen LogP contribution < -0.4 is 0 Å². The van der Waals surface area contributed by atoms with Crippen molar-refractivity contribution in [3.05, 3.63) is 143 Å². The molecule has 0 unspecified atom stereocenters. The number of hydrogen-bond donors (Lipinski definition) is 0. The Morgan fingerprint density at radius 1 is 0.480 bits per heavy atom. The van der Waals surface area contributed by atoms with E-state index in [1.807, 2.05) is 63.7 Å². The largest absolute Gasteiger partial charge is 0.417 e. The van der Waals surface area contributed by atoms with Crippen molar-refractivity contribution in [2.24, 2.45) is 0 Å². The number of fused-ring (bicyclic) bond motifs is 6. The van der Waals surface area contributed by atoms with Crippen LogP contribution in [0.3, 0.4) is 0 Å². The third kappa shape index (κ3) is 4.40. The molecular formula is C41H19F3N6. The van der Waals surface area contributed by atoms with Gasteiger partial charge in [-0.2, -0.15) is 34.2 Å². The fourth-order valence-electron chi connectivity index (χ4n) is 7.02. The van der Waals surface area contributed by atoms with E-state index in [0.29, 0.717) is 33.2 Å². The van der Waals surface area contributed by atoms with Crippen molar-refractivity contribution in [3.8, 4) is 46.8 Å². The fraction of sp³-hybridized carbons (Fsp3) is 0.0244. The van der Waals surface area contributed by atoms with Crippen LogP contribution >= 0.6 is 0 Å². The summed E-state index contributed by atoms with van der Waals surface area (Å²) in [5.41, 5.74) is 2.81. The number of aromatic nitrogens is 2. The molecule has 0 atom stereocenters. The molecule has 0 saturated carbocycles. The van der Waals surface area contributed by atoms with Crippen LogP contribution in [0.1, 0.15) is 27.8 Å². The minimum absolute atomic E-state index is 0.0811. The summed E-state index contributed by atoms with van der Waals surface area (Å²) in [6, 6.07) is 40.3. The molecule has 8 rings (SSSR count). The molecule has 6 aromatic carbocycles. The number of rotatable bonds is 3. The molecule has 0 bridgehead atoms. The first-order valence-corrected chi connectivity index (χ1v) is 15.3. The smallest absolute Gasteiger partial charge is 0.308 e. The van der Waals surface area contributed by atoms with Crippen LogP contribution in [0, 0.1) is 45.3 Å². The molecule has 2 heterocycles. The van der Waals surface area contributed by atoms with Gasteiger partial charge in [-0.3, -0.25) is 0 Å². The van der Waals surface area contributed by atoms with Crippen molar-refractivity contribution in [1.82, 2.24) is 9.13 Å². The van der Waals surface area contributed by atoms with E-state index < -0.39 is 11.7 Å². The molecule has 0 amide bonds. The molecule has 0 spiro atoms. The van der Waals surface area contributed by atoms with E-state index in [4.69, 9.17) is 0 Å². The maximum Gasteiger partial charge on any atom is 0.417 e. The number of para-hydroxylation sites is 2. The van der Waals surface area contributed by atoms with Gasteiger partial charge in [0.2, 0.25) is 0 Å². The lowest BCUT2D eigenvalue weighted by atomic mass is 9.92. The number of halogens is 3. The summed E-state index contributed by atoms with van der Waals surface area (Å²) >= 11 is 0. The van der Waals surface area contributed by atoms with Gasteiger partial charge in [0, 0.05) is 27.1 Å². The Morgan fingerprint density at radius 3 is 1.44 bits per heavy atom. The van der Waals surface area contributed by atoms with Crippen molar-refractivity contribution in [1.29, 1.82) is 21.0 Å². The molecule has 50 heavy (non-hydrogen) atoms. The van der Waals surface area contributed by atoms with E-state index in [2.05, 4.69) is 18.2 Å². The van der Waals surface area contributed by atoms with E-state index in [9.17, 15) is 34.2 Å². The second kappa shape index (κ2) is 11.1. The molecule has 0 fully saturated rings. The molecule has 8 aromatic rings. The monoisotopic (exact) mass is 652 g/mol. The molecule has 2 aromatic heterocycles. The van der Waals surface area contributed by atoms with Gasteiger partial charge in [-0.15, -0.1) is 0 Å². The Morgan fingerprint density at radius 2 is 0.980 bits per heavy atom. The zero-order valence-corrected chi connectivity index (χ0v) is 25.8. The highest BCUT2D eigenvalue weighted by Crippen LogP contribution is 2.44. The first-order chi connectivity index (χ1) is 24.3. The average Bonchev–Trinajstić information content (AvgIpc) is 3.65. The predicted molar refractivity (Wildman–Crippen MR) is 184 cm³/mol. The van der Waals surface area contributed by atoms with Crippen LogP contribution in [0.4, 0.5) is 13.2 Å². The summed E-state index contributed by atoms with van der Waals surface area (Å²) in [4.78, 5) is 0. The third-order valence-electron chi connectivity index (χ3n) is 9.07. The van der Waals surface area contributed by atoms with Gasteiger partial charge in [0.15, 0.2) is 0 Å². The molecule has 0 radical (unpaired) electrons. The Balaban J connectivity index is 1.60. The lowest BCUT2D eigenvalue weighted by molar-refractivity contribution is -0.137. The van der Waals surface area contributed by atoms with Gasteiger partial charge >= 0.3 is 6.18 Å². The van der Waals surface area contributed by atoms with E-state index in [-0.39, 0.29) is 33.6 Å². The summed E-state index contributed by atoms with van der Waals surface area (Å²) in [5, 5.41) is 43.5. The van der Waals surface area contributed by atoms with E-state index >= 15 is 0 Å². The first-order valence-electron chi connectivity index (χ1n) is 15.3. The topological polar surface area (TPSA) is 105 Å². The van der Waals surface area contributed by atoms with Crippen molar-refractivity contribution >= 4 is 43.6 Å². The summed E-state index contributed by atoms with van der Waals surface area (Å²) in [6.07, 6.45) is -4.79. The van der Waals surface area contributed by atoms with Crippen LogP contribution in [0.5, 0.6) is 0 Å². The standard InChI is InChI=1S/C41H19F3N6/c42-41(43,44)33-9-5-6-26(22-47)40(33)27-18-38(49-34-10-3-1-7-28(34)30-16-24(20-45)12-14-36(30)49)32(23-48)39(19-27)50-35-11-4-2-8-29(35)31-17-25(21-46)13-15-37(31)50/h1-19H. The van der Waals surface area contributed by atoms with E-state index in [1.165, 1.54) is 24.3 Å². The van der Waals surface area contributed by atoms with Gasteiger partial charge in [-0.05, 0) is 78.4 Å². The van der Waals surface area contributed by atoms with Gasteiger partial charge in [0.1, 0.15) is 11.6 Å². The normalized spacial score (nSPS) is 11.4. The Kier molecular flexibility index (Phi) is 6.69. The number of hydrogen-bond acceptors (Lipinski definition) is 4. The average molecular weight is 653 g/mol. The summed E-state index contributed by atoms with van der Waals surface area (Å²) in [7, 11) is 0. The van der Waals surface area contributed by atoms with Crippen LogP contribution in [0.15, 0.2) is 115 Å². The Hall–Kier alpha value is -7.33. The van der Waals surface area contributed by atoms with Crippen LogP contribution in [0.25, 0.3) is 66.1 Å².